The van der Waals surface area contributed by atoms with Gasteiger partial charge in [-0.15, -0.1) is 0 Å². The Labute approximate surface area is 198 Å². The zero-order valence-corrected chi connectivity index (χ0v) is 19.6. The third kappa shape index (κ3) is 5.45. The summed E-state index contributed by atoms with van der Waals surface area (Å²) in [4.78, 5) is 24.6. The number of aryl methyl sites for hydroxylation is 1. The maximum Gasteiger partial charge on any atom is 0.258 e. The second-order valence-corrected chi connectivity index (χ2v) is 10.0. The predicted molar refractivity (Wildman–Crippen MR) is 124 cm³/mol. The monoisotopic (exact) mass is 475 g/mol. The molecule has 3 aliphatic rings. The highest BCUT2D eigenvalue weighted by molar-refractivity contribution is 6.42. The maximum atomic E-state index is 12.3. The van der Waals surface area contributed by atoms with Crippen molar-refractivity contribution in [2.75, 3.05) is 19.8 Å². The van der Waals surface area contributed by atoms with Crippen LogP contribution in [-0.4, -0.2) is 37.0 Å². The van der Waals surface area contributed by atoms with Crippen LogP contribution in [0.3, 0.4) is 0 Å². The van der Waals surface area contributed by atoms with Gasteiger partial charge in [0.1, 0.15) is 12.4 Å². The molecular formula is C25H27Cl2NO4. The number of nitrogens with one attached hydrogen (secondary N) is 1. The van der Waals surface area contributed by atoms with Crippen LogP contribution < -0.4 is 10.1 Å². The third-order valence-electron chi connectivity index (χ3n) is 6.26. The molecule has 2 aromatic carbocycles. The molecule has 0 atom stereocenters. The van der Waals surface area contributed by atoms with Gasteiger partial charge in [-0.2, -0.15) is 0 Å². The van der Waals surface area contributed by atoms with Gasteiger partial charge >= 0.3 is 0 Å². The molecule has 0 heterocycles. The summed E-state index contributed by atoms with van der Waals surface area (Å²) in [7, 11) is 0. The van der Waals surface area contributed by atoms with Crippen molar-refractivity contribution < 1.29 is 19.1 Å². The van der Waals surface area contributed by atoms with E-state index < -0.39 is 0 Å². The van der Waals surface area contributed by atoms with E-state index in [1.165, 1.54) is 11.1 Å². The largest absolute Gasteiger partial charge is 0.484 e. The molecule has 0 saturated heterocycles. The summed E-state index contributed by atoms with van der Waals surface area (Å²) >= 11 is 11.8. The second kappa shape index (κ2) is 9.42. The molecule has 0 unspecified atom stereocenters. The Bertz CT molecular complexity index is 1000. The van der Waals surface area contributed by atoms with Crippen LogP contribution in [0.15, 0.2) is 42.5 Å². The van der Waals surface area contributed by atoms with Crippen molar-refractivity contribution >= 4 is 34.9 Å². The first kappa shape index (κ1) is 23.1. The fourth-order valence-corrected chi connectivity index (χ4v) is 5.37. The highest BCUT2D eigenvalue weighted by Crippen LogP contribution is 2.68. The van der Waals surface area contributed by atoms with Gasteiger partial charge in [0.25, 0.3) is 5.91 Å². The summed E-state index contributed by atoms with van der Waals surface area (Å²) in [5, 5.41) is 3.89. The minimum absolute atomic E-state index is 0.0365. The number of amides is 1. The fraction of sp³-hybridized carbons (Fsp3) is 0.440. The Morgan fingerprint density at radius 3 is 2.53 bits per heavy atom. The first-order chi connectivity index (χ1) is 15.3. The Balaban J connectivity index is 1.11. The van der Waals surface area contributed by atoms with Crippen molar-refractivity contribution in [1.82, 2.24) is 5.32 Å². The Morgan fingerprint density at radius 1 is 1.03 bits per heavy atom. The van der Waals surface area contributed by atoms with Crippen molar-refractivity contribution in [3.05, 3.63) is 63.6 Å². The van der Waals surface area contributed by atoms with E-state index in [0.29, 0.717) is 28.8 Å². The number of rotatable bonds is 11. The normalized spacial score (nSPS) is 23.1. The number of hydrogen-bond donors (Lipinski definition) is 1. The van der Waals surface area contributed by atoms with Crippen molar-refractivity contribution in [1.29, 1.82) is 0 Å². The molecule has 3 aliphatic carbocycles. The lowest BCUT2D eigenvalue weighted by atomic mass is 9.38. The molecule has 3 saturated carbocycles. The van der Waals surface area contributed by atoms with Gasteiger partial charge in [0, 0.05) is 18.0 Å². The SMILES string of the molecule is Cc1cccc(CCOCC(=O)CC23CC(NC(=O)COc4ccc(Cl)c(Cl)c4)(C2)C3)c1. The Hall–Kier alpha value is -2.08. The van der Waals surface area contributed by atoms with Crippen LogP contribution in [0.1, 0.15) is 36.8 Å². The van der Waals surface area contributed by atoms with E-state index in [4.69, 9.17) is 32.7 Å². The molecule has 5 rings (SSSR count). The van der Waals surface area contributed by atoms with E-state index in [9.17, 15) is 9.59 Å². The van der Waals surface area contributed by atoms with Gasteiger partial charge in [-0.25, -0.2) is 0 Å². The number of ketones is 1. The molecule has 170 valence electrons. The van der Waals surface area contributed by atoms with Crippen molar-refractivity contribution in [3.63, 3.8) is 0 Å². The van der Waals surface area contributed by atoms with Gasteiger partial charge in [-0.1, -0.05) is 53.0 Å². The van der Waals surface area contributed by atoms with Crippen LogP contribution >= 0.6 is 23.2 Å². The van der Waals surface area contributed by atoms with Crippen LogP contribution in [0.5, 0.6) is 5.75 Å². The summed E-state index contributed by atoms with van der Waals surface area (Å²) < 4.78 is 11.1. The number of ether oxygens (including phenoxy) is 2. The molecule has 32 heavy (non-hydrogen) atoms. The quantitative estimate of drug-likeness (QED) is 0.467. The number of hydrogen-bond acceptors (Lipinski definition) is 4. The summed E-state index contributed by atoms with van der Waals surface area (Å²) in [6.07, 6.45) is 3.85. The smallest absolute Gasteiger partial charge is 0.258 e. The number of carbonyl (C=O) groups is 2. The molecule has 0 aliphatic heterocycles. The van der Waals surface area contributed by atoms with Gasteiger partial charge in [0.2, 0.25) is 0 Å². The number of halogens is 2. The second-order valence-electron chi connectivity index (χ2n) is 9.23. The first-order valence-electron chi connectivity index (χ1n) is 10.8. The maximum absolute atomic E-state index is 12.3. The number of benzene rings is 2. The average Bonchev–Trinajstić information content (AvgIpc) is 2.70. The molecule has 7 heteroatoms. The van der Waals surface area contributed by atoms with E-state index in [1.807, 2.05) is 6.07 Å². The molecule has 0 spiro atoms. The average molecular weight is 476 g/mol. The predicted octanol–water partition coefficient (Wildman–Crippen LogP) is 4.94. The molecule has 2 aromatic rings. The van der Waals surface area contributed by atoms with E-state index in [1.54, 1.807) is 18.2 Å². The lowest BCUT2D eigenvalue weighted by molar-refractivity contribution is -0.174. The van der Waals surface area contributed by atoms with Crippen LogP contribution in [0.2, 0.25) is 10.0 Å². The van der Waals surface area contributed by atoms with Crippen LogP contribution in [0.4, 0.5) is 0 Å². The van der Waals surface area contributed by atoms with E-state index >= 15 is 0 Å². The molecule has 3 fully saturated rings. The van der Waals surface area contributed by atoms with Crippen molar-refractivity contribution in [2.45, 2.75) is 44.6 Å². The Kier molecular flexibility index (Phi) is 6.80. The van der Waals surface area contributed by atoms with Crippen molar-refractivity contribution in [3.8, 4) is 5.75 Å². The molecular weight excluding hydrogens is 449 g/mol. The molecule has 0 aromatic heterocycles. The number of carbonyl (C=O) groups excluding carboxylic acids is 2. The molecule has 5 nitrogen and oxygen atoms in total. The summed E-state index contributed by atoms with van der Waals surface area (Å²) in [5.41, 5.74) is 2.31. The van der Waals surface area contributed by atoms with Crippen LogP contribution in [-0.2, 0) is 20.7 Å². The highest BCUT2D eigenvalue weighted by atomic mass is 35.5. The number of Topliss-reactive ketones (excluding diaryl/α,β-unsaturated/α-hetero) is 1. The lowest BCUT2D eigenvalue weighted by Crippen LogP contribution is -2.75. The third-order valence-corrected chi connectivity index (χ3v) is 7.00. The van der Waals surface area contributed by atoms with Gasteiger partial charge in [-0.05, 0) is 55.7 Å². The topological polar surface area (TPSA) is 64.6 Å². The molecule has 0 radical (unpaired) electrons. The van der Waals surface area contributed by atoms with Gasteiger partial charge < -0.3 is 14.8 Å². The van der Waals surface area contributed by atoms with Crippen molar-refractivity contribution in [2.24, 2.45) is 5.41 Å². The van der Waals surface area contributed by atoms with Crippen LogP contribution in [0, 0.1) is 12.3 Å². The molecule has 2 bridgehead atoms. The minimum atomic E-state index is -0.176. The standard InChI is InChI=1S/C25H27Cl2NO4/c1-17-3-2-4-18(9-17)7-8-31-12-19(29)11-24-14-25(15-24,16-24)28-23(30)13-32-20-5-6-21(26)22(27)10-20/h2-6,9-10H,7-8,11-16H2,1H3,(H,28,30). The van der Waals surface area contributed by atoms with E-state index in [2.05, 4.69) is 30.4 Å². The highest BCUT2D eigenvalue weighted by Gasteiger charge is 2.68. The summed E-state index contributed by atoms with van der Waals surface area (Å²) in [5.74, 6) is 0.462. The van der Waals surface area contributed by atoms with Gasteiger partial charge in [0.15, 0.2) is 12.4 Å². The van der Waals surface area contributed by atoms with Gasteiger partial charge in [-0.3, -0.25) is 9.59 Å². The van der Waals surface area contributed by atoms with Gasteiger partial charge in [0.05, 0.1) is 16.7 Å². The zero-order valence-electron chi connectivity index (χ0n) is 18.1. The van der Waals surface area contributed by atoms with E-state index in [0.717, 1.165) is 25.7 Å². The van der Waals surface area contributed by atoms with Crippen LogP contribution in [0.25, 0.3) is 0 Å². The zero-order chi connectivity index (χ0) is 22.8. The fourth-order valence-electron chi connectivity index (χ4n) is 5.08. The molecule has 1 N–H and O–H groups in total. The summed E-state index contributed by atoms with van der Waals surface area (Å²) in [6.45, 7) is 2.68. The minimum Gasteiger partial charge on any atom is -0.484 e. The van der Waals surface area contributed by atoms with E-state index in [-0.39, 0.29) is 35.9 Å². The Morgan fingerprint density at radius 2 is 1.81 bits per heavy atom. The first-order valence-corrected chi connectivity index (χ1v) is 11.6. The lowest BCUT2D eigenvalue weighted by Gasteiger charge is -2.70. The summed E-state index contributed by atoms with van der Waals surface area (Å²) in [6, 6.07) is 13.2. The molecule has 1 amide bonds.